The Kier molecular flexibility index (Phi) is 8.70. The molecule has 0 aliphatic carbocycles. The molecular weight excluding hydrogens is 281 g/mol. The highest BCUT2D eigenvalue weighted by molar-refractivity contribution is 7.45. The molecule has 20 heavy (non-hydrogen) atoms. The summed E-state index contributed by atoms with van der Waals surface area (Å²) in [5, 5.41) is 0. The van der Waals surface area contributed by atoms with Crippen LogP contribution in [0.3, 0.4) is 0 Å². The van der Waals surface area contributed by atoms with Crippen molar-refractivity contribution in [2.45, 2.75) is 0 Å². The number of nitrogens with one attached hydrogen (secondary N) is 2. The van der Waals surface area contributed by atoms with Crippen molar-refractivity contribution < 1.29 is 19.2 Å². The first-order valence-corrected chi connectivity index (χ1v) is 6.87. The van der Waals surface area contributed by atoms with E-state index in [4.69, 9.17) is 30.3 Å². The molecule has 0 saturated heterocycles. The van der Waals surface area contributed by atoms with E-state index in [2.05, 4.69) is 48.5 Å². The van der Waals surface area contributed by atoms with Crippen LogP contribution in [0.2, 0.25) is 0 Å². The lowest BCUT2D eigenvalue weighted by Gasteiger charge is -1.98. The van der Waals surface area contributed by atoms with Crippen LogP contribution in [0.25, 0.3) is 11.1 Å². The van der Waals surface area contributed by atoms with Gasteiger partial charge in [-0.1, -0.05) is 60.7 Å². The van der Waals surface area contributed by atoms with Crippen LogP contribution in [-0.4, -0.2) is 14.7 Å². The number of hydrogen-bond donors (Lipinski definition) is 5. The second-order valence-electron chi connectivity index (χ2n) is 3.36. The molecule has 0 heterocycles. The van der Waals surface area contributed by atoms with E-state index in [9.17, 15) is 0 Å². The molecule has 0 fully saturated rings. The summed E-state index contributed by atoms with van der Waals surface area (Å²) in [5.74, 6) is 0. The predicted octanol–water partition coefficient (Wildman–Crippen LogP) is 2.54. The Hall–Kier alpha value is -2.14. The number of rotatable bonds is 1. The lowest BCUT2D eigenvalue weighted by molar-refractivity contribution is 0.275. The van der Waals surface area contributed by atoms with E-state index >= 15 is 0 Å². The molecule has 7 nitrogen and oxygen atoms in total. The maximum absolute atomic E-state index is 8.88. The molecule has 0 aliphatic rings. The van der Waals surface area contributed by atoms with Crippen molar-refractivity contribution in [1.29, 1.82) is 11.1 Å². The first kappa shape index (κ1) is 17.9. The lowest BCUT2D eigenvalue weighted by atomic mass is 10.1. The van der Waals surface area contributed by atoms with E-state index < -0.39 is 7.82 Å². The largest absolute Gasteiger partial charge is 0.466 e. The molecule has 0 radical (unpaired) electrons. The van der Waals surface area contributed by atoms with Crippen LogP contribution in [0.1, 0.15) is 0 Å². The Bertz CT molecular complexity index is 520. The van der Waals surface area contributed by atoms with Crippen molar-refractivity contribution in [3.05, 3.63) is 60.7 Å². The average molecular weight is 296 g/mol. The van der Waals surface area contributed by atoms with Gasteiger partial charge in [-0.3, -0.25) is 0 Å². The molecule has 2 rings (SSSR count). The van der Waals surface area contributed by atoms with Crippen molar-refractivity contribution in [2.75, 3.05) is 0 Å². The van der Waals surface area contributed by atoms with E-state index in [1.807, 2.05) is 17.0 Å². The summed E-state index contributed by atoms with van der Waals surface area (Å²) in [6.07, 6.45) is 0. The maximum Gasteiger partial charge on any atom is 0.466 e. The number of nitrogens with zero attached hydrogens (tertiary/aromatic N) is 1. The normalized spacial score (nSPS) is 9.15. The topological polar surface area (TPSA) is 140 Å². The Labute approximate surface area is 115 Å². The van der Waals surface area contributed by atoms with Gasteiger partial charge in [0.05, 0.1) is 0 Å². The molecule has 2 aromatic carbocycles. The number of phosphoric acid groups is 1. The van der Waals surface area contributed by atoms with Gasteiger partial charge in [-0.15, -0.1) is 0 Å². The summed E-state index contributed by atoms with van der Waals surface area (Å²) in [4.78, 5) is 23.6. The van der Waals surface area contributed by atoms with E-state index in [0.717, 1.165) is 0 Å². The highest BCUT2D eigenvalue weighted by Gasteiger charge is 2.00. The molecule has 2 aromatic rings. The van der Waals surface area contributed by atoms with Crippen molar-refractivity contribution in [2.24, 2.45) is 0 Å². The molecule has 0 bridgehead atoms. The van der Waals surface area contributed by atoms with Gasteiger partial charge < -0.3 is 14.7 Å². The van der Waals surface area contributed by atoms with E-state index in [0.29, 0.717) is 0 Å². The Balaban J connectivity index is 0.000000382. The molecule has 8 heteroatoms. The summed E-state index contributed by atoms with van der Waals surface area (Å²) in [5.41, 5.74) is 13.6. The SMILES string of the molecule is N=[N+]=N.O=P(O)(O)O.c1ccc(-c2ccccc2)cc1. The molecule has 0 amide bonds. The Morgan fingerprint density at radius 3 is 1.15 bits per heavy atom. The van der Waals surface area contributed by atoms with E-state index in [-0.39, 0.29) is 0 Å². The van der Waals surface area contributed by atoms with Crippen molar-refractivity contribution in [1.82, 2.24) is 4.91 Å². The maximum atomic E-state index is 8.88. The van der Waals surface area contributed by atoms with Crippen LogP contribution in [0.5, 0.6) is 0 Å². The fraction of sp³-hybridized carbons (Fsp3) is 0. The molecule has 0 saturated carbocycles. The summed E-state index contributed by atoms with van der Waals surface area (Å²) < 4.78 is 8.88. The van der Waals surface area contributed by atoms with Gasteiger partial charge in [-0.05, 0) is 11.1 Å². The molecule has 0 spiro atoms. The van der Waals surface area contributed by atoms with Crippen LogP contribution in [0.4, 0.5) is 0 Å². The summed E-state index contributed by atoms with van der Waals surface area (Å²) >= 11 is 0. The highest BCUT2D eigenvalue weighted by atomic mass is 31.2. The summed E-state index contributed by atoms with van der Waals surface area (Å²) in [7, 11) is -4.64. The quantitative estimate of drug-likeness (QED) is 0.313. The van der Waals surface area contributed by atoms with Crippen molar-refractivity contribution in [3.63, 3.8) is 0 Å². The van der Waals surface area contributed by atoms with Crippen LogP contribution in [-0.2, 0) is 4.57 Å². The van der Waals surface area contributed by atoms with Gasteiger partial charge in [0.15, 0.2) is 0 Å². The van der Waals surface area contributed by atoms with Crippen LogP contribution in [0.15, 0.2) is 60.7 Å². The first-order chi connectivity index (χ1) is 9.38. The van der Waals surface area contributed by atoms with Gasteiger partial charge in [0.2, 0.25) is 4.91 Å². The number of benzene rings is 2. The predicted molar refractivity (Wildman–Crippen MR) is 73.7 cm³/mol. The second kappa shape index (κ2) is 9.75. The monoisotopic (exact) mass is 296 g/mol. The van der Waals surface area contributed by atoms with Gasteiger partial charge in [0.1, 0.15) is 11.1 Å². The van der Waals surface area contributed by atoms with Gasteiger partial charge in [-0.25, -0.2) is 4.57 Å². The molecule has 106 valence electrons. The Morgan fingerprint density at radius 2 is 0.950 bits per heavy atom. The van der Waals surface area contributed by atoms with E-state index in [1.54, 1.807) is 0 Å². The first-order valence-electron chi connectivity index (χ1n) is 5.30. The highest BCUT2D eigenvalue weighted by Crippen LogP contribution is 2.25. The van der Waals surface area contributed by atoms with Crippen molar-refractivity contribution in [3.8, 4) is 11.1 Å². The Morgan fingerprint density at radius 1 is 0.750 bits per heavy atom. The summed E-state index contributed by atoms with van der Waals surface area (Å²) in [6.45, 7) is 0. The minimum absolute atomic E-state index is 1.28. The number of hydrogen-bond acceptors (Lipinski definition) is 3. The molecule has 0 aromatic heterocycles. The third-order valence-electron chi connectivity index (χ3n) is 1.88. The standard InChI is InChI=1S/C12H10.H2N3.H3O4P/c1-3-7-11(8-4-1)12-9-5-2-6-10-12;1-3-2;1-5(2,3)4/h1-10H;1-2H;(H3,1,2,3,4)/q;+1;. The molecule has 0 atom stereocenters. The summed E-state index contributed by atoms with van der Waals surface area (Å²) in [6, 6.07) is 20.8. The molecular formula is C12H15N3O4P+. The van der Waals surface area contributed by atoms with Crippen molar-refractivity contribution >= 4 is 7.82 Å². The zero-order valence-corrected chi connectivity index (χ0v) is 11.3. The zero-order chi connectivity index (χ0) is 15.4. The fourth-order valence-electron chi connectivity index (χ4n) is 1.26. The third-order valence-corrected chi connectivity index (χ3v) is 1.88. The smallest absolute Gasteiger partial charge is 0.303 e. The fourth-order valence-corrected chi connectivity index (χ4v) is 1.26. The van der Waals surface area contributed by atoms with Gasteiger partial charge in [0.25, 0.3) is 0 Å². The zero-order valence-electron chi connectivity index (χ0n) is 10.4. The van der Waals surface area contributed by atoms with Crippen LogP contribution in [0, 0.1) is 11.1 Å². The molecule has 0 unspecified atom stereocenters. The van der Waals surface area contributed by atoms with Crippen LogP contribution >= 0.6 is 7.82 Å². The van der Waals surface area contributed by atoms with Gasteiger partial charge in [0, 0.05) is 0 Å². The molecule has 0 aliphatic heterocycles. The van der Waals surface area contributed by atoms with Gasteiger partial charge in [-0.2, -0.15) is 0 Å². The lowest BCUT2D eigenvalue weighted by Crippen LogP contribution is -1.73. The molecule has 5 N–H and O–H groups in total. The van der Waals surface area contributed by atoms with Gasteiger partial charge >= 0.3 is 7.82 Å². The van der Waals surface area contributed by atoms with Crippen LogP contribution < -0.4 is 4.91 Å². The average Bonchev–Trinajstić information content (AvgIpc) is 2.40. The minimum Gasteiger partial charge on any atom is -0.303 e. The second-order valence-corrected chi connectivity index (χ2v) is 4.38. The third kappa shape index (κ3) is 11.0. The minimum atomic E-state index is -4.64. The van der Waals surface area contributed by atoms with E-state index in [1.165, 1.54) is 11.1 Å².